The molecule has 1 saturated heterocycles. The van der Waals surface area contributed by atoms with Crippen molar-refractivity contribution in [2.45, 2.75) is 43.9 Å². The van der Waals surface area contributed by atoms with Gasteiger partial charge in [0.2, 0.25) is 20.0 Å². The summed E-state index contributed by atoms with van der Waals surface area (Å²) in [4.78, 5) is 14.2. The molecule has 0 saturated carbocycles. The monoisotopic (exact) mass is 588 g/mol. The predicted molar refractivity (Wildman–Crippen MR) is 142 cm³/mol. The lowest BCUT2D eigenvalue weighted by atomic mass is 10.1. The molecule has 39 heavy (non-hydrogen) atoms. The molecular weight excluding hydrogens is 557 g/mol. The topological polar surface area (TPSA) is 116 Å². The number of halogens is 3. The number of benzene rings is 2. The number of hydrogen-bond donors (Lipinski definition) is 2. The smallest absolute Gasteiger partial charge is 0.336 e. The van der Waals surface area contributed by atoms with E-state index in [1.165, 1.54) is 45.6 Å². The Balaban J connectivity index is 1.77. The second-order valence-corrected chi connectivity index (χ2v) is 13.1. The number of carbonyl (C=O) groups excluding carboxylic acids is 1. The van der Waals surface area contributed by atoms with Gasteiger partial charge in [0, 0.05) is 36.8 Å². The lowest BCUT2D eigenvalue weighted by Gasteiger charge is -2.25. The van der Waals surface area contributed by atoms with E-state index < -0.39 is 37.8 Å². The van der Waals surface area contributed by atoms with Gasteiger partial charge >= 0.3 is 12.2 Å². The van der Waals surface area contributed by atoms with Crippen LogP contribution in [0.15, 0.2) is 65.4 Å². The summed E-state index contributed by atoms with van der Waals surface area (Å²) in [7, 11) is -7.49. The molecule has 0 unspecified atom stereocenters. The van der Waals surface area contributed by atoms with Crippen molar-refractivity contribution in [1.29, 1.82) is 0 Å². The zero-order chi connectivity index (χ0) is 29.0. The molecule has 0 bridgehead atoms. The van der Waals surface area contributed by atoms with E-state index in [2.05, 4.69) is 16.6 Å². The molecule has 2 aromatic rings. The van der Waals surface area contributed by atoms with Crippen LogP contribution in [-0.2, 0) is 32.8 Å². The number of amides is 2. The van der Waals surface area contributed by atoms with E-state index in [1.54, 1.807) is 13.8 Å². The van der Waals surface area contributed by atoms with Crippen molar-refractivity contribution in [3.8, 4) is 0 Å². The Morgan fingerprint density at radius 1 is 1.10 bits per heavy atom. The molecule has 3 rings (SSSR count). The van der Waals surface area contributed by atoms with Crippen molar-refractivity contribution in [3.05, 3.63) is 71.6 Å². The summed E-state index contributed by atoms with van der Waals surface area (Å²) in [6.45, 7) is 7.15. The maximum Gasteiger partial charge on any atom is 0.416 e. The molecule has 0 spiro atoms. The van der Waals surface area contributed by atoms with Gasteiger partial charge in [-0.25, -0.2) is 26.4 Å². The van der Waals surface area contributed by atoms with Crippen LogP contribution in [0.3, 0.4) is 0 Å². The molecule has 1 fully saturated rings. The molecule has 0 aliphatic carbocycles. The van der Waals surface area contributed by atoms with Crippen molar-refractivity contribution in [2.24, 2.45) is 5.92 Å². The number of anilines is 1. The second kappa shape index (κ2) is 12.1. The van der Waals surface area contributed by atoms with Crippen LogP contribution in [0.1, 0.15) is 31.4 Å². The fourth-order valence-electron chi connectivity index (χ4n) is 4.01. The van der Waals surface area contributed by atoms with Gasteiger partial charge in [0.25, 0.3) is 0 Å². The van der Waals surface area contributed by atoms with Crippen LogP contribution in [0.4, 0.5) is 23.7 Å². The van der Waals surface area contributed by atoms with Crippen LogP contribution in [0.2, 0.25) is 0 Å². The molecule has 9 nitrogen and oxygen atoms in total. The molecule has 2 aromatic carbocycles. The number of alkyl halides is 3. The van der Waals surface area contributed by atoms with Crippen LogP contribution >= 0.6 is 0 Å². The first kappa shape index (κ1) is 30.6. The summed E-state index contributed by atoms with van der Waals surface area (Å²) in [6.07, 6.45) is -4.00. The zero-order valence-corrected chi connectivity index (χ0v) is 23.1. The van der Waals surface area contributed by atoms with E-state index in [9.17, 15) is 34.8 Å². The van der Waals surface area contributed by atoms with Gasteiger partial charge in [-0.1, -0.05) is 18.7 Å². The number of hydrogen-bond acceptors (Lipinski definition) is 5. The molecule has 1 atom stereocenters. The van der Waals surface area contributed by atoms with Crippen LogP contribution in [0.25, 0.3) is 0 Å². The minimum absolute atomic E-state index is 0.00248. The molecule has 14 heteroatoms. The summed E-state index contributed by atoms with van der Waals surface area (Å²) in [6, 6.07) is 9.39. The lowest BCUT2D eigenvalue weighted by molar-refractivity contribution is -0.137. The van der Waals surface area contributed by atoms with Gasteiger partial charge in [-0.15, -0.1) is 0 Å². The number of nitrogens with one attached hydrogen (secondary N) is 2. The highest BCUT2D eigenvalue weighted by Gasteiger charge is 2.33. The molecule has 1 heterocycles. The van der Waals surface area contributed by atoms with Crippen molar-refractivity contribution in [2.75, 3.05) is 24.5 Å². The van der Waals surface area contributed by atoms with Crippen LogP contribution in [0.5, 0.6) is 0 Å². The summed E-state index contributed by atoms with van der Waals surface area (Å²) < 4.78 is 92.0. The third-order valence-corrected chi connectivity index (χ3v) is 8.99. The summed E-state index contributed by atoms with van der Waals surface area (Å²) >= 11 is 0. The third kappa shape index (κ3) is 8.03. The zero-order valence-electron chi connectivity index (χ0n) is 21.5. The van der Waals surface area contributed by atoms with Gasteiger partial charge in [0.05, 0.1) is 17.0 Å². The molecular formula is C25H31F3N4O5S2. The number of carbonyl (C=O) groups is 1. The quantitative estimate of drug-likeness (QED) is 0.437. The molecule has 2 amide bonds. The first-order chi connectivity index (χ1) is 18.1. The van der Waals surface area contributed by atoms with E-state index in [-0.39, 0.29) is 43.0 Å². The Morgan fingerprint density at radius 3 is 2.26 bits per heavy atom. The van der Waals surface area contributed by atoms with Crippen molar-refractivity contribution in [1.82, 2.24) is 14.3 Å². The standard InChI is InChI=1S/C25H31F3N4O5S2/c1-4-38(34,35)29-15-20-13-14-31(16-20)39(36,37)23-11-9-22(10-12-23)32(24(33)30-18(2)3)17-19-5-7-21(8-6-19)25(26,27)28/h4-12,18,20,29H,1,13-17H2,2-3H3,(H,30,33)/t20-/m1/s1. The summed E-state index contributed by atoms with van der Waals surface area (Å²) in [5.74, 6) is -0.201. The Hall–Kier alpha value is -2.94. The van der Waals surface area contributed by atoms with Crippen molar-refractivity contribution < 1.29 is 34.8 Å². The molecule has 214 valence electrons. The lowest BCUT2D eigenvalue weighted by Crippen LogP contribution is -2.42. The van der Waals surface area contributed by atoms with Crippen LogP contribution in [0, 0.1) is 5.92 Å². The number of rotatable bonds is 10. The second-order valence-electron chi connectivity index (χ2n) is 9.46. The van der Waals surface area contributed by atoms with Gasteiger partial charge in [-0.3, -0.25) is 4.90 Å². The molecule has 1 aliphatic heterocycles. The van der Waals surface area contributed by atoms with E-state index >= 15 is 0 Å². The van der Waals surface area contributed by atoms with Gasteiger partial charge < -0.3 is 5.32 Å². The summed E-state index contributed by atoms with van der Waals surface area (Å²) in [5.41, 5.74) is 0.000160. The molecule has 2 N–H and O–H groups in total. The Labute approximate surface area is 226 Å². The van der Waals surface area contributed by atoms with E-state index in [0.29, 0.717) is 17.7 Å². The Kier molecular flexibility index (Phi) is 9.47. The average Bonchev–Trinajstić information content (AvgIpc) is 3.36. The van der Waals surface area contributed by atoms with E-state index in [4.69, 9.17) is 0 Å². The van der Waals surface area contributed by atoms with Gasteiger partial charge in [-0.2, -0.15) is 17.5 Å². The van der Waals surface area contributed by atoms with E-state index in [0.717, 1.165) is 17.5 Å². The van der Waals surface area contributed by atoms with Crippen LogP contribution in [-0.4, -0.2) is 52.8 Å². The average molecular weight is 589 g/mol. The molecule has 0 aromatic heterocycles. The van der Waals surface area contributed by atoms with Gasteiger partial charge in [-0.05, 0) is 68.1 Å². The van der Waals surface area contributed by atoms with Crippen molar-refractivity contribution in [3.63, 3.8) is 0 Å². The normalized spacial score (nSPS) is 16.8. The SMILES string of the molecule is C=CS(=O)(=O)NC[C@H]1CCN(S(=O)(=O)c2ccc(N(Cc3ccc(C(F)(F)F)cc3)C(=O)NC(C)C)cc2)C1. The highest BCUT2D eigenvalue weighted by molar-refractivity contribution is 7.92. The van der Waals surface area contributed by atoms with E-state index in [1.807, 2.05) is 0 Å². The maximum absolute atomic E-state index is 13.2. The first-order valence-electron chi connectivity index (χ1n) is 12.1. The first-order valence-corrected chi connectivity index (χ1v) is 15.1. The maximum atomic E-state index is 13.2. The number of sulfonamides is 2. The molecule has 1 aliphatic rings. The largest absolute Gasteiger partial charge is 0.416 e. The third-order valence-electron chi connectivity index (χ3n) is 6.11. The van der Waals surface area contributed by atoms with Gasteiger partial charge in [0.15, 0.2) is 0 Å². The Bertz CT molecular complexity index is 1380. The minimum Gasteiger partial charge on any atom is -0.336 e. The highest BCUT2D eigenvalue weighted by atomic mass is 32.2. The fraction of sp³-hybridized carbons (Fsp3) is 0.400. The highest BCUT2D eigenvalue weighted by Crippen LogP contribution is 2.30. The Morgan fingerprint density at radius 2 is 1.72 bits per heavy atom. The predicted octanol–water partition coefficient (Wildman–Crippen LogP) is 3.90. The number of urea groups is 1. The minimum atomic E-state index is -4.48. The molecule has 0 radical (unpaired) electrons. The fourth-order valence-corrected chi connectivity index (χ4v) is 6.13. The number of nitrogens with zero attached hydrogens (tertiary/aromatic N) is 2. The summed E-state index contributed by atoms with van der Waals surface area (Å²) in [5, 5.41) is 3.54. The van der Waals surface area contributed by atoms with Crippen molar-refractivity contribution >= 4 is 31.8 Å². The van der Waals surface area contributed by atoms with Gasteiger partial charge in [0.1, 0.15) is 0 Å². The van der Waals surface area contributed by atoms with Crippen LogP contribution < -0.4 is 14.9 Å².